The van der Waals surface area contributed by atoms with E-state index in [0.717, 1.165) is 6.54 Å². The van der Waals surface area contributed by atoms with E-state index < -0.39 is 0 Å². The van der Waals surface area contributed by atoms with E-state index in [1.807, 2.05) is 0 Å². The van der Waals surface area contributed by atoms with Crippen LogP contribution in [0.1, 0.15) is 40.0 Å². The highest BCUT2D eigenvalue weighted by atomic mass is 35.5. The number of anilines is 2. The molecule has 1 aliphatic carbocycles. The Bertz CT molecular complexity index is 631. The Labute approximate surface area is 143 Å². The zero-order chi connectivity index (χ0) is 16.8. The number of carbonyl (C=O) groups excluding carboxylic acids is 1. The van der Waals surface area contributed by atoms with Crippen LogP contribution in [0.4, 0.5) is 11.4 Å². The highest BCUT2D eigenvalue weighted by Gasteiger charge is 2.49. The highest BCUT2D eigenvalue weighted by Crippen LogP contribution is 2.52. The van der Waals surface area contributed by atoms with Crippen LogP contribution in [0.5, 0.6) is 0 Å². The third-order valence-corrected chi connectivity index (χ3v) is 5.49. The van der Waals surface area contributed by atoms with Gasteiger partial charge < -0.3 is 11.1 Å². The number of benzene rings is 1. The molecule has 2 atom stereocenters. The Morgan fingerprint density at radius 3 is 2.83 bits per heavy atom. The van der Waals surface area contributed by atoms with Crippen molar-refractivity contribution in [3.8, 4) is 0 Å². The maximum atomic E-state index is 12.4. The van der Waals surface area contributed by atoms with Crippen LogP contribution >= 0.6 is 11.6 Å². The molecule has 2 aliphatic rings. The smallest absolute Gasteiger partial charge is 0.238 e. The zero-order valence-corrected chi connectivity index (χ0v) is 14.9. The Balaban J connectivity index is 1.63. The van der Waals surface area contributed by atoms with Crippen LogP contribution in [0.15, 0.2) is 18.2 Å². The van der Waals surface area contributed by atoms with E-state index in [9.17, 15) is 4.79 Å². The van der Waals surface area contributed by atoms with Gasteiger partial charge in [0, 0.05) is 18.3 Å². The molecule has 1 saturated heterocycles. The summed E-state index contributed by atoms with van der Waals surface area (Å²) in [5, 5.41) is 3.44. The number of nitrogen functional groups attached to an aromatic ring is 1. The number of nitrogens with zero attached hydrogens (tertiary/aromatic N) is 1. The molecule has 0 aromatic heterocycles. The van der Waals surface area contributed by atoms with Crippen molar-refractivity contribution in [3.05, 3.63) is 23.2 Å². The summed E-state index contributed by atoms with van der Waals surface area (Å²) in [7, 11) is 0. The van der Waals surface area contributed by atoms with Gasteiger partial charge in [-0.1, -0.05) is 32.4 Å². The first-order valence-corrected chi connectivity index (χ1v) is 8.63. The Kier molecular flexibility index (Phi) is 4.09. The summed E-state index contributed by atoms with van der Waals surface area (Å²) >= 11 is 5.91. The molecular formula is C18H26ClN3O. The van der Waals surface area contributed by atoms with Crippen molar-refractivity contribution < 1.29 is 4.79 Å². The lowest BCUT2D eigenvalue weighted by Gasteiger charge is -2.39. The minimum Gasteiger partial charge on any atom is -0.397 e. The molecular weight excluding hydrogens is 310 g/mol. The van der Waals surface area contributed by atoms with Gasteiger partial charge in [-0.05, 0) is 48.3 Å². The van der Waals surface area contributed by atoms with E-state index >= 15 is 0 Å². The van der Waals surface area contributed by atoms with Crippen molar-refractivity contribution in [2.45, 2.75) is 46.1 Å². The third-order valence-electron chi connectivity index (χ3n) is 5.15. The molecule has 0 radical (unpaired) electrons. The Hall–Kier alpha value is -1.26. The van der Waals surface area contributed by atoms with Crippen LogP contribution in [0.3, 0.4) is 0 Å². The fourth-order valence-corrected chi connectivity index (χ4v) is 4.89. The Morgan fingerprint density at radius 2 is 2.13 bits per heavy atom. The van der Waals surface area contributed by atoms with Crippen molar-refractivity contribution in [1.29, 1.82) is 0 Å². The summed E-state index contributed by atoms with van der Waals surface area (Å²) < 4.78 is 0. The number of hydrogen-bond donors (Lipinski definition) is 2. The number of carbonyl (C=O) groups is 1. The first kappa shape index (κ1) is 16.6. The first-order chi connectivity index (χ1) is 10.7. The summed E-state index contributed by atoms with van der Waals surface area (Å²) in [4.78, 5) is 14.7. The number of hydrogen-bond acceptors (Lipinski definition) is 3. The van der Waals surface area contributed by atoms with Gasteiger partial charge in [-0.15, -0.1) is 0 Å². The number of likely N-dealkylation sites (tertiary alicyclic amines) is 1. The van der Waals surface area contributed by atoms with Crippen molar-refractivity contribution >= 4 is 28.9 Å². The van der Waals surface area contributed by atoms with Gasteiger partial charge in [0.25, 0.3) is 0 Å². The zero-order valence-electron chi connectivity index (χ0n) is 14.2. The fourth-order valence-electron chi connectivity index (χ4n) is 4.77. The van der Waals surface area contributed by atoms with Gasteiger partial charge >= 0.3 is 0 Å². The molecule has 3 rings (SSSR count). The molecule has 2 bridgehead atoms. The third kappa shape index (κ3) is 3.64. The number of nitrogens with two attached hydrogens (primary N) is 1. The Morgan fingerprint density at radius 1 is 1.39 bits per heavy atom. The van der Waals surface area contributed by atoms with Crippen molar-refractivity contribution in [3.63, 3.8) is 0 Å². The number of amides is 1. The molecule has 23 heavy (non-hydrogen) atoms. The summed E-state index contributed by atoms with van der Waals surface area (Å²) in [6, 6.07) is 5.71. The van der Waals surface area contributed by atoms with Crippen LogP contribution in [0, 0.1) is 10.8 Å². The highest BCUT2D eigenvalue weighted by molar-refractivity contribution is 6.33. The normalized spacial score (nSPS) is 29.5. The molecule has 1 aromatic carbocycles. The van der Waals surface area contributed by atoms with Gasteiger partial charge in [-0.3, -0.25) is 9.69 Å². The maximum Gasteiger partial charge on any atom is 0.238 e. The predicted molar refractivity (Wildman–Crippen MR) is 95.6 cm³/mol. The molecule has 0 spiro atoms. The maximum absolute atomic E-state index is 12.4. The van der Waals surface area contributed by atoms with Crippen LogP contribution in [-0.2, 0) is 4.79 Å². The van der Waals surface area contributed by atoms with E-state index in [0.29, 0.717) is 39.8 Å². The largest absolute Gasteiger partial charge is 0.397 e. The summed E-state index contributed by atoms with van der Waals surface area (Å²) in [5.41, 5.74) is 7.68. The second-order valence-corrected chi connectivity index (χ2v) is 8.81. The van der Waals surface area contributed by atoms with Crippen LogP contribution < -0.4 is 11.1 Å². The van der Waals surface area contributed by atoms with E-state index in [2.05, 4.69) is 31.0 Å². The molecule has 4 nitrogen and oxygen atoms in total. The lowest BCUT2D eigenvalue weighted by atomic mass is 9.65. The lowest BCUT2D eigenvalue weighted by Crippen LogP contribution is -2.38. The van der Waals surface area contributed by atoms with Gasteiger partial charge in [0.1, 0.15) is 0 Å². The predicted octanol–water partition coefficient (Wildman–Crippen LogP) is 3.76. The lowest BCUT2D eigenvalue weighted by molar-refractivity contribution is -0.117. The first-order valence-electron chi connectivity index (χ1n) is 8.25. The molecule has 1 amide bonds. The van der Waals surface area contributed by atoms with E-state index in [-0.39, 0.29) is 5.91 Å². The molecule has 5 heteroatoms. The molecule has 1 saturated carbocycles. The van der Waals surface area contributed by atoms with Crippen molar-refractivity contribution in [2.75, 3.05) is 24.1 Å². The quantitative estimate of drug-likeness (QED) is 0.827. The second-order valence-electron chi connectivity index (χ2n) is 8.40. The molecule has 126 valence electrons. The average molecular weight is 336 g/mol. The van der Waals surface area contributed by atoms with Crippen molar-refractivity contribution in [2.24, 2.45) is 10.8 Å². The minimum absolute atomic E-state index is 0.0145. The number of fused-ring (bicyclic) bond motifs is 2. The van der Waals surface area contributed by atoms with Crippen LogP contribution in [-0.4, -0.2) is 29.9 Å². The van der Waals surface area contributed by atoms with Gasteiger partial charge in [0.15, 0.2) is 0 Å². The summed E-state index contributed by atoms with van der Waals surface area (Å²) in [6.45, 7) is 8.50. The van der Waals surface area contributed by atoms with Gasteiger partial charge in [-0.25, -0.2) is 0 Å². The van der Waals surface area contributed by atoms with Crippen molar-refractivity contribution in [1.82, 2.24) is 4.90 Å². The average Bonchev–Trinajstić information content (AvgIpc) is 2.62. The molecule has 3 N–H and O–H groups in total. The monoisotopic (exact) mass is 335 g/mol. The SMILES string of the molecule is CC1(C)CC2CC(C)(CN2CC(=O)Nc2ccc(Cl)c(N)c2)C1. The topological polar surface area (TPSA) is 58.4 Å². The van der Waals surface area contributed by atoms with Gasteiger partial charge in [0.2, 0.25) is 5.91 Å². The molecule has 1 aliphatic heterocycles. The van der Waals surface area contributed by atoms with E-state index in [4.69, 9.17) is 17.3 Å². The standard InChI is InChI=1S/C18H26ClN3O/c1-17(2)7-13-8-18(3,10-17)11-22(13)9-16(23)21-12-4-5-14(19)15(20)6-12/h4-6,13H,7-11,20H2,1-3H3,(H,21,23). The van der Waals surface area contributed by atoms with E-state index in [1.54, 1.807) is 18.2 Å². The van der Waals surface area contributed by atoms with Crippen LogP contribution in [0.2, 0.25) is 5.02 Å². The second kappa shape index (κ2) is 5.67. The minimum atomic E-state index is 0.0145. The molecule has 1 heterocycles. The van der Waals surface area contributed by atoms with E-state index in [1.165, 1.54) is 19.3 Å². The number of nitrogens with one attached hydrogen (secondary N) is 1. The number of rotatable bonds is 3. The molecule has 1 aromatic rings. The fraction of sp³-hybridized carbons (Fsp3) is 0.611. The van der Waals surface area contributed by atoms with Gasteiger partial charge in [0.05, 0.1) is 17.3 Å². The molecule has 2 unspecified atom stereocenters. The molecule has 2 fully saturated rings. The number of halogens is 1. The van der Waals surface area contributed by atoms with Gasteiger partial charge in [-0.2, -0.15) is 0 Å². The summed E-state index contributed by atoms with van der Waals surface area (Å²) in [6.07, 6.45) is 3.61. The summed E-state index contributed by atoms with van der Waals surface area (Å²) in [5.74, 6) is 0.0145. The van der Waals surface area contributed by atoms with Crippen LogP contribution in [0.25, 0.3) is 0 Å².